The van der Waals surface area contributed by atoms with Crippen molar-refractivity contribution in [2.75, 3.05) is 0 Å². The number of halogens is 1. The fraction of sp³-hybridized carbons (Fsp3) is 0.125. The molecule has 1 aromatic rings. The number of benzene rings is 1. The van der Waals surface area contributed by atoms with Crippen molar-refractivity contribution >= 4 is 19.7 Å². The first-order valence-electron chi connectivity index (χ1n) is 3.55. The molecular weight excluding hydrogens is 226 g/mol. The molecule has 0 amide bonds. The smallest absolute Gasteiger partial charge is 0.263 e. The Labute approximate surface area is 85.8 Å². The molecule has 1 rings (SSSR count). The second-order valence-corrected chi connectivity index (χ2v) is 5.14. The third-order valence-electron chi connectivity index (χ3n) is 1.74. The summed E-state index contributed by atoms with van der Waals surface area (Å²) in [6.07, 6.45) is 0. The van der Waals surface area contributed by atoms with E-state index in [0.717, 1.165) is 0 Å². The second-order valence-electron chi connectivity index (χ2n) is 2.64. The van der Waals surface area contributed by atoms with Crippen molar-refractivity contribution < 1.29 is 13.5 Å². The van der Waals surface area contributed by atoms with E-state index in [1.165, 1.54) is 19.1 Å². The molecule has 14 heavy (non-hydrogen) atoms. The summed E-state index contributed by atoms with van der Waals surface area (Å²) in [5.74, 6) is -0.205. The zero-order chi connectivity index (χ0) is 10.9. The quantitative estimate of drug-likeness (QED) is 0.743. The van der Waals surface area contributed by atoms with Crippen LogP contribution in [-0.4, -0.2) is 13.5 Å². The molecule has 0 aliphatic rings. The van der Waals surface area contributed by atoms with E-state index in [4.69, 9.17) is 15.9 Å². The van der Waals surface area contributed by atoms with E-state index in [0.29, 0.717) is 0 Å². The Morgan fingerprint density at radius 2 is 2.07 bits per heavy atom. The van der Waals surface area contributed by atoms with Crippen LogP contribution in [0.5, 0.6) is 5.75 Å². The minimum atomic E-state index is -4.01. The van der Waals surface area contributed by atoms with Crippen molar-refractivity contribution in [1.29, 1.82) is 5.26 Å². The van der Waals surface area contributed by atoms with Gasteiger partial charge in [-0.2, -0.15) is 5.26 Å². The van der Waals surface area contributed by atoms with Gasteiger partial charge >= 0.3 is 0 Å². The molecule has 0 saturated heterocycles. The van der Waals surface area contributed by atoms with Crippen molar-refractivity contribution in [3.8, 4) is 11.8 Å². The minimum absolute atomic E-state index is 0.0738. The van der Waals surface area contributed by atoms with Crippen LogP contribution >= 0.6 is 10.7 Å². The zero-order valence-corrected chi connectivity index (χ0v) is 8.72. The Morgan fingerprint density at radius 3 is 2.50 bits per heavy atom. The lowest BCUT2D eigenvalue weighted by molar-refractivity contribution is 0.468. The molecule has 0 aliphatic carbocycles. The van der Waals surface area contributed by atoms with E-state index in [9.17, 15) is 13.5 Å². The normalized spacial score (nSPS) is 10.9. The number of phenols is 1. The van der Waals surface area contributed by atoms with Crippen LogP contribution in [0.15, 0.2) is 17.0 Å². The molecule has 1 N–H and O–H groups in total. The first kappa shape index (κ1) is 10.8. The molecule has 0 bridgehead atoms. The molecule has 0 fully saturated rings. The second kappa shape index (κ2) is 3.48. The summed E-state index contributed by atoms with van der Waals surface area (Å²) in [4.78, 5) is -0.332. The van der Waals surface area contributed by atoms with Gasteiger partial charge in [-0.15, -0.1) is 0 Å². The Bertz CT molecular complexity index is 516. The topological polar surface area (TPSA) is 78.2 Å². The largest absolute Gasteiger partial charge is 0.508 e. The molecule has 4 nitrogen and oxygen atoms in total. The summed E-state index contributed by atoms with van der Waals surface area (Å²) in [7, 11) is 1.12. The molecule has 74 valence electrons. The lowest BCUT2D eigenvalue weighted by Crippen LogP contribution is -1.98. The molecule has 0 spiro atoms. The van der Waals surface area contributed by atoms with Gasteiger partial charge in [0.1, 0.15) is 16.7 Å². The standard InChI is InChI=1S/C8H6ClNO3S/c1-5-7(11)3-2-6(4-10)8(5)14(9,12)13/h2-3,11H,1H3. The minimum Gasteiger partial charge on any atom is -0.508 e. The summed E-state index contributed by atoms with van der Waals surface area (Å²) in [6, 6.07) is 4.15. The van der Waals surface area contributed by atoms with Crippen LogP contribution in [0.4, 0.5) is 0 Å². The van der Waals surface area contributed by atoms with Crippen molar-refractivity contribution in [2.24, 2.45) is 0 Å². The third kappa shape index (κ3) is 1.81. The predicted octanol–water partition coefficient (Wildman–Crippen LogP) is 1.50. The average Bonchev–Trinajstić information content (AvgIpc) is 2.07. The highest BCUT2D eigenvalue weighted by molar-refractivity contribution is 8.13. The van der Waals surface area contributed by atoms with Crippen molar-refractivity contribution in [3.05, 3.63) is 23.3 Å². The van der Waals surface area contributed by atoms with Crippen molar-refractivity contribution in [1.82, 2.24) is 0 Å². The summed E-state index contributed by atoms with van der Waals surface area (Å²) < 4.78 is 22.2. The molecule has 0 saturated carbocycles. The third-order valence-corrected chi connectivity index (χ3v) is 3.22. The molecular formula is C8H6ClNO3S. The summed E-state index contributed by atoms with van der Waals surface area (Å²) >= 11 is 0. The molecule has 6 heteroatoms. The highest BCUT2D eigenvalue weighted by atomic mass is 35.7. The van der Waals surface area contributed by atoms with Gasteiger partial charge < -0.3 is 5.11 Å². The Hall–Kier alpha value is -1.25. The highest BCUT2D eigenvalue weighted by Crippen LogP contribution is 2.29. The van der Waals surface area contributed by atoms with Gasteiger partial charge in [-0.05, 0) is 19.1 Å². The van der Waals surface area contributed by atoms with Crippen molar-refractivity contribution in [2.45, 2.75) is 11.8 Å². The molecule has 0 heterocycles. The number of rotatable bonds is 1. The Kier molecular flexibility index (Phi) is 2.69. The van der Waals surface area contributed by atoms with Crippen LogP contribution in [0.2, 0.25) is 0 Å². The van der Waals surface area contributed by atoms with Crippen LogP contribution in [0.1, 0.15) is 11.1 Å². The van der Waals surface area contributed by atoms with Gasteiger partial charge in [-0.1, -0.05) is 0 Å². The Balaban J connectivity index is 3.72. The number of hydrogen-bond donors (Lipinski definition) is 1. The van der Waals surface area contributed by atoms with Crippen LogP contribution < -0.4 is 0 Å². The summed E-state index contributed by atoms with van der Waals surface area (Å²) in [5, 5.41) is 17.9. The van der Waals surface area contributed by atoms with Gasteiger partial charge in [-0.25, -0.2) is 8.42 Å². The zero-order valence-electron chi connectivity index (χ0n) is 7.15. The average molecular weight is 232 g/mol. The first-order valence-corrected chi connectivity index (χ1v) is 5.86. The van der Waals surface area contributed by atoms with E-state index < -0.39 is 9.05 Å². The van der Waals surface area contributed by atoms with Crippen LogP contribution in [-0.2, 0) is 9.05 Å². The maximum atomic E-state index is 11.1. The number of aromatic hydroxyl groups is 1. The fourth-order valence-corrected chi connectivity index (χ4v) is 2.53. The molecule has 0 aliphatic heterocycles. The van der Waals surface area contributed by atoms with Crippen molar-refractivity contribution in [3.63, 3.8) is 0 Å². The van der Waals surface area contributed by atoms with Gasteiger partial charge in [0.15, 0.2) is 0 Å². The van der Waals surface area contributed by atoms with Crippen LogP contribution in [0.25, 0.3) is 0 Å². The molecule has 0 atom stereocenters. The molecule has 0 aromatic heterocycles. The summed E-state index contributed by atoms with van der Waals surface area (Å²) in [6.45, 7) is 1.38. The van der Waals surface area contributed by atoms with E-state index in [2.05, 4.69) is 0 Å². The summed E-state index contributed by atoms with van der Waals surface area (Å²) in [5.41, 5.74) is 0.00866. The SMILES string of the molecule is Cc1c(O)ccc(C#N)c1S(=O)(=O)Cl. The van der Waals surface area contributed by atoms with Gasteiger partial charge in [0.2, 0.25) is 0 Å². The lowest BCUT2D eigenvalue weighted by Gasteiger charge is -2.05. The first-order chi connectivity index (χ1) is 6.38. The number of hydrogen-bond acceptors (Lipinski definition) is 4. The van der Waals surface area contributed by atoms with Crippen LogP contribution in [0, 0.1) is 18.3 Å². The monoisotopic (exact) mass is 231 g/mol. The fourth-order valence-electron chi connectivity index (χ4n) is 1.08. The van der Waals surface area contributed by atoms with Gasteiger partial charge in [0, 0.05) is 16.2 Å². The molecule has 1 aromatic carbocycles. The maximum absolute atomic E-state index is 11.1. The number of nitriles is 1. The Morgan fingerprint density at radius 1 is 1.50 bits per heavy atom. The van der Waals surface area contributed by atoms with E-state index in [-0.39, 0.29) is 21.8 Å². The lowest BCUT2D eigenvalue weighted by atomic mass is 10.1. The van der Waals surface area contributed by atoms with Gasteiger partial charge in [0.05, 0.1) is 5.56 Å². The van der Waals surface area contributed by atoms with Crippen LogP contribution in [0.3, 0.4) is 0 Å². The molecule has 0 unspecified atom stereocenters. The number of phenolic OH excluding ortho intramolecular Hbond substituents is 1. The van der Waals surface area contributed by atoms with E-state index in [1.807, 2.05) is 0 Å². The maximum Gasteiger partial charge on any atom is 0.263 e. The van der Waals surface area contributed by atoms with E-state index in [1.54, 1.807) is 6.07 Å². The van der Waals surface area contributed by atoms with E-state index >= 15 is 0 Å². The highest BCUT2D eigenvalue weighted by Gasteiger charge is 2.20. The predicted molar refractivity (Wildman–Crippen MR) is 50.6 cm³/mol. The van der Waals surface area contributed by atoms with Gasteiger partial charge in [-0.3, -0.25) is 0 Å². The number of nitrogens with zero attached hydrogens (tertiary/aromatic N) is 1. The van der Waals surface area contributed by atoms with Gasteiger partial charge in [0.25, 0.3) is 9.05 Å². The molecule has 0 radical (unpaired) electrons.